The lowest BCUT2D eigenvalue weighted by Crippen LogP contribution is -1.77. The van der Waals surface area contributed by atoms with Crippen LogP contribution in [0, 0.1) is 24.2 Å². The van der Waals surface area contributed by atoms with E-state index in [9.17, 15) is 0 Å². The van der Waals surface area contributed by atoms with Crippen molar-refractivity contribution in [1.29, 1.82) is 0 Å². The maximum Gasteiger partial charge on any atom is 0.0839 e. The van der Waals surface area contributed by atoms with E-state index in [1.54, 1.807) is 0 Å². The van der Waals surface area contributed by atoms with Crippen LogP contribution in [0.4, 0.5) is 0 Å². The maximum absolute atomic E-state index is 5.41. The molecule has 0 aliphatic heterocycles. The molecule has 0 atom stereocenters. The van der Waals surface area contributed by atoms with E-state index in [1.165, 1.54) is 0 Å². The van der Waals surface area contributed by atoms with E-state index in [1.807, 2.05) is 24.3 Å². The molecule has 58 valence electrons. The molecule has 1 aromatic rings. The van der Waals surface area contributed by atoms with Gasteiger partial charge in [0, 0.05) is 11.1 Å². The van der Waals surface area contributed by atoms with E-state index in [4.69, 9.17) is 18.0 Å². The summed E-state index contributed by atoms with van der Waals surface area (Å²) < 4.78 is 0. The zero-order valence-electron chi connectivity index (χ0n) is 6.47. The van der Waals surface area contributed by atoms with Crippen molar-refractivity contribution in [3.8, 4) is 24.2 Å². The van der Waals surface area contributed by atoms with E-state index in [-0.39, 0.29) is 0 Å². The highest BCUT2D eigenvalue weighted by Crippen LogP contribution is 2.01. The van der Waals surface area contributed by atoms with Crippen LogP contribution >= 0.6 is 11.6 Å². The van der Waals surface area contributed by atoms with Gasteiger partial charge < -0.3 is 0 Å². The van der Waals surface area contributed by atoms with Gasteiger partial charge in [0.15, 0.2) is 0 Å². The standard InChI is InChI=1S/C11H7Cl/c1-2-10-5-3-6-11(9-10)7-4-8-12/h1,3,5-6,9H,8H2. The first-order valence-corrected chi connectivity index (χ1v) is 4.02. The summed E-state index contributed by atoms with van der Waals surface area (Å²) in [6, 6.07) is 7.51. The minimum absolute atomic E-state index is 0.348. The summed E-state index contributed by atoms with van der Waals surface area (Å²) in [7, 11) is 0. The molecule has 0 aliphatic carbocycles. The van der Waals surface area contributed by atoms with E-state index in [0.717, 1.165) is 11.1 Å². The van der Waals surface area contributed by atoms with Gasteiger partial charge in [-0.3, -0.25) is 0 Å². The zero-order valence-corrected chi connectivity index (χ0v) is 7.23. The minimum atomic E-state index is 0.348. The Morgan fingerprint density at radius 1 is 1.33 bits per heavy atom. The third kappa shape index (κ3) is 2.35. The second-order valence-corrected chi connectivity index (χ2v) is 2.43. The van der Waals surface area contributed by atoms with Crippen LogP contribution in [0.1, 0.15) is 11.1 Å². The summed E-state index contributed by atoms with van der Waals surface area (Å²) in [6.07, 6.45) is 5.22. The molecule has 0 amide bonds. The number of hydrogen-bond acceptors (Lipinski definition) is 0. The van der Waals surface area contributed by atoms with Crippen LogP contribution in [0.15, 0.2) is 24.3 Å². The molecule has 0 fully saturated rings. The highest BCUT2D eigenvalue weighted by Gasteiger charge is 1.87. The Morgan fingerprint density at radius 3 is 2.75 bits per heavy atom. The summed E-state index contributed by atoms with van der Waals surface area (Å²) in [5, 5.41) is 0. The van der Waals surface area contributed by atoms with Gasteiger partial charge in [-0.2, -0.15) is 0 Å². The molecule has 12 heavy (non-hydrogen) atoms. The highest BCUT2D eigenvalue weighted by molar-refractivity contribution is 6.19. The topological polar surface area (TPSA) is 0 Å². The number of terminal acetylenes is 1. The van der Waals surface area contributed by atoms with Crippen LogP contribution in [0.2, 0.25) is 0 Å². The molecule has 0 aliphatic rings. The first-order valence-electron chi connectivity index (χ1n) is 3.48. The lowest BCUT2D eigenvalue weighted by molar-refractivity contribution is 1.60. The van der Waals surface area contributed by atoms with Crippen LogP contribution in [-0.4, -0.2) is 5.88 Å². The highest BCUT2D eigenvalue weighted by atomic mass is 35.5. The van der Waals surface area contributed by atoms with E-state index in [0.29, 0.717) is 5.88 Å². The van der Waals surface area contributed by atoms with Gasteiger partial charge in [0.25, 0.3) is 0 Å². The van der Waals surface area contributed by atoms with Crippen molar-refractivity contribution in [2.45, 2.75) is 0 Å². The Labute approximate surface area is 77.6 Å². The van der Waals surface area contributed by atoms with Crippen molar-refractivity contribution < 1.29 is 0 Å². The second kappa shape index (κ2) is 4.50. The van der Waals surface area contributed by atoms with Gasteiger partial charge in [0.05, 0.1) is 5.88 Å². The van der Waals surface area contributed by atoms with Crippen molar-refractivity contribution in [3.63, 3.8) is 0 Å². The van der Waals surface area contributed by atoms with Gasteiger partial charge >= 0.3 is 0 Å². The Kier molecular flexibility index (Phi) is 3.27. The Morgan fingerprint density at radius 2 is 2.08 bits per heavy atom. The fraction of sp³-hybridized carbons (Fsp3) is 0.0909. The van der Waals surface area contributed by atoms with Crippen LogP contribution in [-0.2, 0) is 0 Å². The molecule has 0 heterocycles. The third-order valence-electron chi connectivity index (χ3n) is 1.33. The molecule has 0 unspecified atom stereocenters. The molecule has 0 radical (unpaired) electrons. The first kappa shape index (κ1) is 8.72. The largest absolute Gasteiger partial charge is 0.115 e. The molecule has 0 nitrogen and oxygen atoms in total. The molecule has 0 spiro atoms. The summed E-state index contributed by atoms with van der Waals surface area (Å²) in [6.45, 7) is 0. The number of halogens is 1. The molecule has 0 bridgehead atoms. The number of benzene rings is 1. The summed E-state index contributed by atoms with van der Waals surface area (Å²) >= 11 is 5.41. The lowest BCUT2D eigenvalue weighted by atomic mass is 10.1. The van der Waals surface area contributed by atoms with E-state index < -0.39 is 0 Å². The number of hydrogen-bond donors (Lipinski definition) is 0. The third-order valence-corrected chi connectivity index (χ3v) is 1.46. The molecule has 0 aromatic heterocycles. The number of rotatable bonds is 0. The first-order chi connectivity index (χ1) is 5.86. The van der Waals surface area contributed by atoms with Crippen molar-refractivity contribution in [3.05, 3.63) is 35.4 Å². The van der Waals surface area contributed by atoms with Gasteiger partial charge in [-0.05, 0) is 18.2 Å². The molecular weight excluding hydrogens is 168 g/mol. The van der Waals surface area contributed by atoms with Crippen LogP contribution in [0.5, 0.6) is 0 Å². The van der Waals surface area contributed by atoms with Crippen molar-refractivity contribution >= 4 is 11.6 Å². The van der Waals surface area contributed by atoms with Gasteiger partial charge in [0.1, 0.15) is 0 Å². The van der Waals surface area contributed by atoms with E-state index in [2.05, 4.69) is 17.8 Å². The maximum atomic E-state index is 5.41. The van der Waals surface area contributed by atoms with Gasteiger partial charge in [-0.1, -0.05) is 23.8 Å². The van der Waals surface area contributed by atoms with Gasteiger partial charge in [-0.15, -0.1) is 18.0 Å². The second-order valence-electron chi connectivity index (χ2n) is 2.16. The fourth-order valence-electron chi connectivity index (χ4n) is 0.822. The fourth-order valence-corrected chi connectivity index (χ4v) is 0.889. The van der Waals surface area contributed by atoms with Gasteiger partial charge in [0.2, 0.25) is 0 Å². The predicted octanol–water partition coefficient (Wildman–Crippen LogP) is 2.26. The molecule has 0 saturated heterocycles. The molecule has 1 aromatic carbocycles. The van der Waals surface area contributed by atoms with Crippen LogP contribution in [0.25, 0.3) is 0 Å². The molecule has 1 heteroatoms. The normalized spacial score (nSPS) is 8.00. The Bertz CT molecular complexity index is 361. The van der Waals surface area contributed by atoms with Gasteiger partial charge in [-0.25, -0.2) is 0 Å². The average molecular weight is 175 g/mol. The van der Waals surface area contributed by atoms with Crippen LogP contribution < -0.4 is 0 Å². The average Bonchev–Trinajstić information content (AvgIpc) is 2.15. The molecular formula is C11H7Cl. The zero-order chi connectivity index (χ0) is 8.81. The molecule has 1 rings (SSSR count). The number of alkyl halides is 1. The van der Waals surface area contributed by atoms with Crippen molar-refractivity contribution in [1.82, 2.24) is 0 Å². The quantitative estimate of drug-likeness (QED) is 0.418. The lowest BCUT2D eigenvalue weighted by Gasteiger charge is -1.90. The van der Waals surface area contributed by atoms with Crippen molar-refractivity contribution in [2.75, 3.05) is 5.88 Å². The van der Waals surface area contributed by atoms with Crippen LogP contribution in [0.3, 0.4) is 0 Å². The Balaban J connectivity index is 2.96. The smallest absolute Gasteiger partial charge is 0.0839 e. The summed E-state index contributed by atoms with van der Waals surface area (Å²) in [5.74, 6) is 8.54. The molecule has 0 saturated carbocycles. The summed E-state index contributed by atoms with van der Waals surface area (Å²) in [5.41, 5.74) is 1.75. The Hall–Kier alpha value is -1.37. The monoisotopic (exact) mass is 174 g/mol. The molecule has 0 N–H and O–H groups in total. The summed E-state index contributed by atoms with van der Waals surface area (Å²) in [4.78, 5) is 0. The minimum Gasteiger partial charge on any atom is -0.115 e. The SMILES string of the molecule is C#Cc1cccc(C#CCCl)c1. The van der Waals surface area contributed by atoms with E-state index >= 15 is 0 Å². The van der Waals surface area contributed by atoms with Crippen molar-refractivity contribution in [2.24, 2.45) is 0 Å². The predicted molar refractivity (Wildman–Crippen MR) is 52.0 cm³/mol.